The average molecular weight is 376 g/mol. The van der Waals surface area contributed by atoms with E-state index in [1.165, 1.54) is 27.9 Å². The van der Waals surface area contributed by atoms with Gasteiger partial charge in [0, 0.05) is 16.1 Å². The van der Waals surface area contributed by atoms with Crippen LogP contribution >= 0.6 is 15.9 Å². The van der Waals surface area contributed by atoms with Crippen LogP contribution in [-0.2, 0) is 6.42 Å². The lowest BCUT2D eigenvalue weighted by molar-refractivity contribution is 0.421. The predicted octanol–water partition coefficient (Wildman–Crippen LogP) is 5.92. The van der Waals surface area contributed by atoms with Crippen molar-refractivity contribution < 1.29 is 0 Å². The number of hydrogen-bond donors (Lipinski definition) is 1. The summed E-state index contributed by atoms with van der Waals surface area (Å²) in [6.07, 6.45) is 1.14. The molecule has 1 nitrogen and oxygen atoms in total. The van der Waals surface area contributed by atoms with Gasteiger partial charge in [0.15, 0.2) is 0 Å². The van der Waals surface area contributed by atoms with Gasteiger partial charge in [-0.3, -0.25) is 0 Å². The number of benzene rings is 3. The van der Waals surface area contributed by atoms with Crippen LogP contribution in [0.5, 0.6) is 0 Å². The van der Waals surface area contributed by atoms with Gasteiger partial charge in [0.2, 0.25) is 0 Å². The number of nitrogens with one attached hydrogen (secondary N) is 1. The second kappa shape index (κ2) is 5.49. The molecule has 118 valence electrons. The maximum absolute atomic E-state index is 3.83. The topological polar surface area (TPSA) is 12.0 Å². The zero-order valence-corrected chi connectivity index (χ0v) is 14.8. The molecule has 3 aromatic carbocycles. The third-order valence-electron chi connectivity index (χ3n) is 5.52. The fourth-order valence-corrected chi connectivity index (χ4v) is 4.90. The van der Waals surface area contributed by atoms with Crippen LogP contribution in [-0.4, -0.2) is 0 Å². The van der Waals surface area contributed by atoms with Crippen LogP contribution in [0.2, 0.25) is 0 Å². The van der Waals surface area contributed by atoms with Gasteiger partial charge in [-0.2, -0.15) is 0 Å². The standard InChI is InChI=1S/C22H18BrN/c23-16-10-11-20-18(13-16)21-17-9-5-4-8-15(17)12-19(21)22(24-20)14-6-2-1-3-7-14/h1-11,13,19,21-22,24H,12H2/t19-,21-,22-/m0/s1. The zero-order valence-electron chi connectivity index (χ0n) is 13.2. The van der Waals surface area contributed by atoms with E-state index in [0.717, 1.165) is 10.9 Å². The van der Waals surface area contributed by atoms with Crippen LogP contribution in [0.1, 0.15) is 34.2 Å². The molecule has 0 bridgehead atoms. The molecule has 0 saturated heterocycles. The molecular formula is C22H18BrN. The fourth-order valence-electron chi connectivity index (χ4n) is 4.52. The molecule has 3 atom stereocenters. The first-order valence-corrected chi connectivity index (χ1v) is 9.29. The maximum Gasteiger partial charge on any atom is 0.0554 e. The van der Waals surface area contributed by atoms with Crippen molar-refractivity contribution in [1.82, 2.24) is 0 Å². The van der Waals surface area contributed by atoms with Crippen molar-refractivity contribution in [3.05, 3.63) is 99.5 Å². The quantitative estimate of drug-likeness (QED) is 0.556. The molecule has 0 saturated carbocycles. The average Bonchev–Trinajstić information content (AvgIpc) is 3.02. The molecule has 0 spiro atoms. The Kier molecular flexibility index (Phi) is 3.27. The second-order valence-electron chi connectivity index (χ2n) is 6.81. The summed E-state index contributed by atoms with van der Waals surface area (Å²) in [6.45, 7) is 0. The van der Waals surface area contributed by atoms with E-state index in [1.807, 2.05) is 0 Å². The van der Waals surface area contributed by atoms with Gasteiger partial charge in [0.25, 0.3) is 0 Å². The molecule has 24 heavy (non-hydrogen) atoms. The van der Waals surface area contributed by atoms with Crippen molar-refractivity contribution in [3.63, 3.8) is 0 Å². The smallest absolute Gasteiger partial charge is 0.0554 e. The Balaban J connectivity index is 1.70. The van der Waals surface area contributed by atoms with Gasteiger partial charge in [0.05, 0.1) is 6.04 Å². The van der Waals surface area contributed by atoms with Crippen LogP contribution in [0.4, 0.5) is 5.69 Å². The molecule has 1 N–H and O–H groups in total. The van der Waals surface area contributed by atoms with Gasteiger partial charge in [0.1, 0.15) is 0 Å². The summed E-state index contributed by atoms with van der Waals surface area (Å²) in [5.41, 5.74) is 7.08. The van der Waals surface area contributed by atoms with Gasteiger partial charge < -0.3 is 5.32 Å². The number of rotatable bonds is 1. The fraction of sp³-hybridized carbons (Fsp3) is 0.182. The molecule has 1 aliphatic heterocycles. The van der Waals surface area contributed by atoms with Crippen molar-refractivity contribution in [2.45, 2.75) is 18.4 Å². The summed E-state index contributed by atoms with van der Waals surface area (Å²) in [6, 6.07) is 26.9. The van der Waals surface area contributed by atoms with E-state index in [1.54, 1.807) is 0 Å². The highest BCUT2D eigenvalue weighted by atomic mass is 79.9. The molecule has 3 aromatic rings. The molecule has 2 aliphatic rings. The lowest BCUT2D eigenvalue weighted by Crippen LogP contribution is -2.30. The molecule has 2 heteroatoms. The van der Waals surface area contributed by atoms with E-state index >= 15 is 0 Å². The Morgan fingerprint density at radius 1 is 0.833 bits per heavy atom. The molecule has 0 amide bonds. The minimum absolute atomic E-state index is 0.359. The Morgan fingerprint density at radius 3 is 2.50 bits per heavy atom. The van der Waals surface area contributed by atoms with Crippen LogP contribution < -0.4 is 5.32 Å². The molecule has 0 unspecified atom stereocenters. The van der Waals surface area contributed by atoms with Crippen molar-refractivity contribution in [2.24, 2.45) is 5.92 Å². The van der Waals surface area contributed by atoms with Crippen molar-refractivity contribution in [1.29, 1.82) is 0 Å². The van der Waals surface area contributed by atoms with E-state index in [2.05, 4.69) is 94.0 Å². The molecule has 0 radical (unpaired) electrons. The Labute approximate surface area is 150 Å². The van der Waals surface area contributed by atoms with Crippen molar-refractivity contribution in [2.75, 3.05) is 5.32 Å². The minimum atomic E-state index is 0.359. The third kappa shape index (κ3) is 2.13. The van der Waals surface area contributed by atoms with E-state index in [4.69, 9.17) is 0 Å². The lowest BCUT2D eigenvalue weighted by atomic mass is 9.75. The summed E-state index contributed by atoms with van der Waals surface area (Å²) in [7, 11) is 0. The SMILES string of the molecule is Brc1ccc2c(c1)[C@@H]1c3ccccc3C[C@@H]1[C@H](c1ccccc1)N2. The van der Waals surface area contributed by atoms with Crippen LogP contribution in [0.25, 0.3) is 0 Å². The summed E-state index contributed by atoms with van der Waals surface area (Å²) in [5, 5.41) is 3.83. The van der Waals surface area contributed by atoms with Gasteiger partial charge in [-0.05, 0) is 52.8 Å². The summed E-state index contributed by atoms with van der Waals surface area (Å²) >= 11 is 3.66. The van der Waals surface area contributed by atoms with Crippen LogP contribution in [0, 0.1) is 5.92 Å². The van der Waals surface area contributed by atoms with E-state index in [0.29, 0.717) is 17.9 Å². The van der Waals surface area contributed by atoms with Gasteiger partial charge in [-0.15, -0.1) is 0 Å². The highest BCUT2D eigenvalue weighted by molar-refractivity contribution is 9.10. The van der Waals surface area contributed by atoms with Crippen LogP contribution in [0.15, 0.2) is 77.3 Å². The summed E-state index contributed by atoms with van der Waals surface area (Å²) < 4.78 is 1.16. The first kappa shape index (κ1) is 14.3. The van der Waals surface area contributed by atoms with E-state index in [9.17, 15) is 0 Å². The molecule has 5 rings (SSSR count). The maximum atomic E-state index is 3.83. The first-order valence-electron chi connectivity index (χ1n) is 8.50. The minimum Gasteiger partial charge on any atom is -0.378 e. The normalized spacial score (nSPS) is 23.8. The number of fused-ring (bicyclic) bond motifs is 5. The van der Waals surface area contributed by atoms with E-state index in [-0.39, 0.29) is 0 Å². The lowest BCUT2D eigenvalue weighted by Gasteiger charge is -2.38. The number of anilines is 1. The molecule has 1 aliphatic carbocycles. The van der Waals surface area contributed by atoms with Gasteiger partial charge >= 0.3 is 0 Å². The van der Waals surface area contributed by atoms with Crippen molar-refractivity contribution >= 4 is 21.6 Å². The predicted molar refractivity (Wildman–Crippen MR) is 102 cm³/mol. The molecule has 0 aromatic heterocycles. The Bertz CT molecular complexity index is 903. The van der Waals surface area contributed by atoms with Gasteiger partial charge in [-0.25, -0.2) is 0 Å². The first-order chi connectivity index (χ1) is 11.8. The summed E-state index contributed by atoms with van der Waals surface area (Å²) in [5.74, 6) is 1.03. The molecular weight excluding hydrogens is 358 g/mol. The van der Waals surface area contributed by atoms with Crippen LogP contribution in [0.3, 0.4) is 0 Å². The Hall–Kier alpha value is -2.06. The molecule has 0 fully saturated rings. The van der Waals surface area contributed by atoms with Crippen molar-refractivity contribution in [3.8, 4) is 0 Å². The van der Waals surface area contributed by atoms with Gasteiger partial charge in [-0.1, -0.05) is 70.5 Å². The third-order valence-corrected chi connectivity index (χ3v) is 6.01. The summed E-state index contributed by atoms with van der Waals surface area (Å²) in [4.78, 5) is 0. The number of halogens is 1. The molecule has 1 heterocycles. The highest BCUT2D eigenvalue weighted by Gasteiger charge is 2.43. The monoisotopic (exact) mass is 375 g/mol. The second-order valence-corrected chi connectivity index (χ2v) is 7.72. The largest absolute Gasteiger partial charge is 0.378 e. The highest BCUT2D eigenvalue weighted by Crippen LogP contribution is 2.54. The van der Waals surface area contributed by atoms with E-state index < -0.39 is 0 Å². The zero-order chi connectivity index (χ0) is 16.1. The Morgan fingerprint density at radius 2 is 1.62 bits per heavy atom. The number of hydrogen-bond acceptors (Lipinski definition) is 1.